The summed E-state index contributed by atoms with van der Waals surface area (Å²) in [7, 11) is 0. The zero-order chi connectivity index (χ0) is 13.2. The lowest BCUT2D eigenvalue weighted by Crippen LogP contribution is -2.34. The van der Waals surface area contributed by atoms with Crippen LogP contribution in [-0.4, -0.2) is 25.8 Å². The Morgan fingerprint density at radius 1 is 1.17 bits per heavy atom. The Balaban J connectivity index is 2.09. The molecule has 1 fully saturated rings. The highest BCUT2D eigenvalue weighted by Crippen LogP contribution is 2.22. The van der Waals surface area contributed by atoms with Gasteiger partial charge in [0.05, 0.1) is 0 Å². The minimum absolute atomic E-state index is 0.731. The molecule has 0 radical (unpaired) electrons. The highest BCUT2D eigenvalue weighted by Gasteiger charge is 2.16. The molecule has 1 aliphatic rings. The fraction of sp³-hybridized carbons (Fsp3) is 1.00. The number of ether oxygens (including phenoxy) is 1. The molecule has 1 heterocycles. The third-order valence-electron chi connectivity index (χ3n) is 4.52. The van der Waals surface area contributed by atoms with Gasteiger partial charge in [-0.15, -0.1) is 0 Å². The van der Waals surface area contributed by atoms with Crippen LogP contribution in [-0.2, 0) is 4.74 Å². The monoisotopic (exact) mass is 255 g/mol. The van der Waals surface area contributed by atoms with Crippen LogP contribution < -0.4 is 5.32 Å². The maximum atomic E-state index is 5.41. The van der Waals surface area contributed by atoms with Crippen molar-refractivity contribution in [3.8, 4) is 0 Å². The van der Waals surface area contributed by atoms with Crippen LogP contribution in [0.5, 0.6) is 0 Å². The third-order valence-corrected chi connectivity index (χ3v) is 4.52. The van der Waals surface area contributed by atoms with Crippen LogP contribution in [0, 0.1) is 11.8 Å². The van der Waals surface area contributed by atoms with Crippen molar-refractivity contribution >= 4 is 0 Å². The van der Waals surface area contributed by atoms with Gasteiger partial charge in [-0.25, -0.2) is 0 Å². The van der Waals surface area contributed by atoms with Crippen LogP contribution in [0.15, 0.2) is 0 Å². The second-order valence-electron chi connectivity index (χ2n) is 5.89. The molecule has 0 aliphatic carbocycles. The summed E-state index contributed by atoms with van der Waals surface area (Å²) < 4.78 is 5.41. The van der Waals surface area contributed by atoms with Crippen molar-refractivity contribution in [2.24, 2.45) is 11.8 Å². The van der Waals surface area contributed by atoms with Gasteiger partial charge < -0.3 is 10.1 Å². The predicted molar refractivity (Wildman–Crippen MR) is 78.9 cm³/mol. The summed E-state index contributed by atoms with van der Waals surface area (Å²) in [6, 6.07) is 0.731. The normalized spacial score (nSPS) is 20.8. The van der Waals surface area contributed by atoms with E-state index in [1.54, 1.807) is 0 Å². The average molecular weight is 255 g/mol. The molecule has 0 saturated carbocycles. The molecule has 2 heteroatoms. The van der Waals surface area contributed by atoms with Crippen molar-refractivity contribution in [2.45, 2.75) is 71.8 Å². The van der Waals surface area contributed by atoms with E-state index in [1.807, 2.05) is 0 Å². The van der Waals surface area contributed by atoms with Gasteiger partial charge in [0.25, 0.3) is 0 Å². The van der Waals surface area contributed by atoms with Gasteiger partial charge >= 0.3 is 0 Å². The maximum Gasteiger partial charge on any atom is 0.0468 e. The van der Waals surface area contributed by atoms with E-state index in [2.05, 4.69) is 26.1 Å². The molecular weight excluding hydrogens is 222 g/mol. The van der Waals surface area contributed by atoms with E-state index < -0.39 is 0 Å². The van der Waals surface area contributed by atoms with Crippen LogP contribution in [0.3, 0.4) is 0 Å². The first-order valence-corrected chi connectivity index (χ1v) is 8.09. The Hall–Kier alpha value is -0.0800. The summed E-state index contributed by atoms with van der Waals surface area (Å²) in [6.07, 6.45) is 9.44. The zero-order valence-electron chi connectivity index (χ0n) is 12.7. The standard InChI is InChI=1S/C16H33NO/c1-4-14(3)16(17-5-2)9-7-6-8-15-10-12-18-13-11-15/h14-17H,4-13H2,1-3H3. The Morgan fingerprint density at radius 2 is 1.89 bits per heavy atom. The van der Waals surface area contributed by atoms with E-state index >= 15 is 0 Å². The van der Waals surface area contributed by atoms with Crippen LogP contribution in [0.25, 0.3) is 0 Å². The van der Waals surface area contributed by atoms with E-state index in [-0.39, 0.29) is 0 Å². The van der Waals surface area contributed by atoms with Gasteiger partial charge in [0.2, 0.25) is 0 Å². The lowest BCUT2D eigenvalue weighted by molar-refractivity contribution is 0.0630. The topological polar surface area (TPSA) is 21.3 Å². The average Bonchev–Trinajstić information content (AvgIpc) is 2.42. The Kier molecular flexibility index (Phi) is 8.70. The fourth-order valence-corrected chi connectivity index (χ4v) is 2.97. The summed E-state index contributed by atoms with van der Waals surface area (Å²) in [5.41, 5.74) is 0. The first-order chi connectivity index (χ1) is 8.77. The molecule has 1 aliphatic heterocycles. The molecule has 2 nitrogen and oxygen atoms in total. The second kappa shape index (κ2) is 9.80. The van der Waals surface area contributed by atoms with Crippen molar-refractivity contribution < 1.29 is 4.74 Å². The van der Waals surface area contributed by atoms with E-state index in [0.717, 1.165) is 37.6 Å². The Bertz CT molecular complexity index is 190. The molecule has 1 rings (SSSR count). The molecule has 0 aromatic carbocycles. The summed E-state index contributed by atoms with van der Waals surface area (Å²) in [5.74, 6) is 1.76. The molecule has 2 atom stereocenters. The molecule has 1 N–H and O–H groups in total. The largest absolute Gasteiger partial charge is 0.381 e. The molecule has 0 aromatic heterocycles. The smallest absolute Gasteiger partial charge is 0.0468 e. The Labute approximate surface area is 114 Å². The molecular formula is C16H33NO. The summed E-state index contributed by atoms with van der Waals surface area (Å²) in [4.78, 5) is 0. The van der Waals surface area contributed by atoms with Crippen LogP contribution in [0.4, 0.5) is 0 Å². The van der Waals surface area contributed by atoms with Gasteiger partial charge in [-0.2, -0.15) is 0 Å². The number of hydrogen-bond donors (Lipinski definition) is 1. The molecule has 0 bridgehead atoms. The van der Waals surface area contributed by atoms with Gasteiger partial charge in [0, 0.05) is 19.3 Å². The Morgan fingerprint density at radius 3 is 2.50 bits per heavy atom. The summed E-state index contributed by atoms with van der Waals surface area (Å²) in [5, 5.41) is 3.65. The van der Waals surface area contributed by atoms with Gasteiger partial charge in [-0.3, -0.25) is 0 Å². The van der Waals surface area contributed by atoms with Gasteiger partial charge in [0.15, 0.2) is 0 Å². The number of unbranched alkanes of at least 4 members (excludes halogenated alkanes) is 1. The minimum atomic E-state index is 0.731. The number of nitrogens with one attached hydrogen (secondary N) is 1. The molecule has 0 amide bonds. The third kappa shape index (κ3) is 6.19. The molecule has 0 aromatic rings. The highest BCUT2D eigenvalue weighted by molar-refractivity contribution is 4.72. The van der Waals surface area contributed by atoms with E-state index in [9.17, 15) is 0 Å². The minimum Gasteiger partial charge on any atom is -0.381 e. The summed E-state index contributed by atoms with van der Waals surface area (Å²) in [6.45, 7) is 10.0. The zero-order valence-corrected chi connectivity index (χ0v) is 12.7. The second-order valence-corrected chi connectivity index (χ2v) is 5.89. The van der Waals surface area contributed by atoms with E-state index in [0.29, 0.717) is 0 Å². The lowest BCUT2D eigenvalue weighted by atomic mass is 9.90. The SMILES string of the molecule is CCNC(CCCCC1CCOCC1)C(C)CC. The van der Waals surface area contributed by atoms with Gasteiger partial charge in [0.1, 0.15) is 0 Å². The van der Waals surface area contributed by atoms with Crippen LogP contribution in [0.1, 0.15) is 65.7 Å². The first kappa shape index (κ1) is 16.0. The highest BCUT2D eigenvalue weighted by atomic mass is 16.5. The van der Waals surface area contributed by atoms with Crippen LogP contribution in [0.2, 0.25) is 0 Å². The molecule has 1 saturated heterocycles. The van der Waals surface area contributed by atoms with Gasteiger partial charge in [-0.1, -0.05) is 46.5 Å². The van der Waals surface area contributed by atoms with Crippen molar-refractivity contribution in [1.29, 1.82) is 0 Å². The lowest BCUT2D eigenvalue weighted by Gasteiger charge is -2.25. The molecule has 0 spiro atoms. The maximum absolute atomic E-state index is 5.41. The fourth-order valence-electron chi connectivity index (χ4n) is 2.97. The summed E-state index contributed by atoms with van der Waals surface area (Å²) >= 11 is 0. The van der Waals surface area contributed by atoms with E-state index in [4.69, 9.17) is 4.74 Å². The van der Waals surface area contributed by atoms with E-state index in [1.165, 1.54) is 44.9 Å². The van der Waals surface area contributed by atoms with Crippen LogP contribution >= 0.6 is 0 Å². The molecule has 18 heavy (non-hydrogen) atoms. The quantitative estimate of drug-likeness (QED) is 0.629. The predicted octanol–water partition coefficient (Wildman–Crippen LogP) is 4.00. The number of rotatable bonds is 9. The van der Waals surface area contributed by atoms with Crippen molar-refractivity contribution in [3.05, 3.63) is 0 Å². The van der Waals surface area contributed by atoms with Crippen molar-refractivity contribution in [2.75, 3.05) is 19.8 Å². The van der Waals surface area contributed by atoms with Crippen molar-refractivity contribution in [3.63, 3.8) is 0 Å². The molecule has 2 unspecified atom stereocenters. The van der Waals surface area contributed by atoms with Gasteiger partial charge in [-0.05, 0) is 37.6 Å². The molecule has 108 valence electrons. The first-order valence-electron chi connectivity index (χ1n) is 8.09. The van der Waals surface area contributed by atoms with Crippen molar-refractivity contribution in [1.82, 2.24) is 5.32 Å². The number of hydrogen-bond acceptors (Lipinski definition) is 2.